The van der Waals surface area contributed by atoms with E-state index in [-0.39, 0.29) is 5.91 Å². The third-order valence-corrected chi connectivity index (χ3v) is 5.58. The highest BCUT2D eigenvalue weighted by Crippen LogP contribution is 2.25. The molecule has 30 heavy (non-hydrogen) atoms. The van der Waals surface area contributed by atoms with Crippen molar-refractivity contribution >= 4 is 17.5 Å². The molecule has 0 saturated carbocycles. The molecule has 1 aliphatic heterocycles. The van der Waals surface area contributed by atoms with Crippen LogP contribution in [0.5, 0.6) is 5.75 Å². The standard InChI is InChI=1S/C23H33N5O2/c1-3-12-24-21-15-22(27-17-26-21)28-13-10-18(11-14-28)6-9-23(29)25-16-19-4-7-20(30-2)8-5-19/h4-5,7-8,15,17-18H,3,6,9-14,16H2,1-2H3,(H,25,29)(H,24,26,27). The first-order chi connectivity index (χ1) is 14.7. The summed E-state index contributed by atoms with van der Waals surface area (Å²) in [5, 5.41) is 6.34. The first-order valence-corrected chi connectivity index (χ1v) is 10.9. The number of piperidine rings is 1. The highest BCUT2D eigenvalue weighted by molar-refractivity contribution is 5.75. The number of carbonyl (C=O) groups is 1. The zero-order chi connectivity index (χ0) is 21.2. The maximum Gasteiger partial charge on any atom is 0.220 e. The van der Waals surface area contributed by atoms with Crippen LogP contribution in [0.2, 0.25) is 0 Å². The predicted molar refractivity (Wildman–Crippen MR) is 120 cm³/mol. The van der Waals surface area contributed by atoms with Crippen LogP contribution in [0.1, 0.15) is 44.6 Å². The van der Waals surface area contributed by atoms with Gasteiger partial charge in [0, 0.05) is 38.7 Å². The maximum atomic E-state index is 12.2. The number of ether oxygens (including phenoxy) is 1. The minimum absolute atomic E-state index is 0.121. The Morgan fingerprint density at radius 3 is 2.67 bits per heavy atom. The van der Waals surface area contributed by atoms with Crippen molar-refractivity contribution in [2.24, 2.45) is 5.92 Å². The molecule has 7 nitrogen and oxygen atoms in total. The van der Waals surface area contributed by atoms with Crippen LogP contribution in [-0.2, 0) is 11.3 Å². The summed E-state index contributed by atoms with van der Waals surface area (Å²) >= 11 is 0. The molecule has 1 aromatic carbocycles. The number of nitrogens with one attached hydrogen (secondary N) is 2. The van der Waals surface area contributed by atoms with Crippen LogP contribution in [0, 0.1) is 5.92 Å². The predicted octanol–water partition coefficient (Wildman–Crippen LogP) is 3.62. The minimum atomic E-state index is 0.121. The lowest BCUT2D eigenvalue weighted by Gasteiger charge is -2.32. The Morgan fingerprint density at radius 1 is 1.20 bits per heavy atom. The molecule has 2 heterocycles. The second-order valence-electron chi connectivity index (χ2n) is 7.78. The largest absolute Gasteiger partial charge is 0.497 e. The summed E-state index contributed by atoms with van der Waals surface area (Å²) in [5.41, 5.74) is 1.08. The third-order valence-electron chi connectivity index (χ3n) is 5.58. The van der Waals surface area contributed by atoms with Crippen molar-refractivity contribution in [3.8, 4) is 5.75 Å². The summed E-state index contributed by atoms with van der Waals surface area (Å²) in [6.45, 7) is 5.56. The third kappa shape index (κ3) is 6.61. The molecule has 1 fully saturated rings. The van der Waals surface area contributed by atoms with Gasteiger partial charge in [-0.3, -0.25) is 4.79 Å². The minimum Gasteiger partial charge on any atom is -0.497 e. The molecule has 0 atom stereocenters. The lowest BCUT2D eigenvalue weighted by molar-refractivity contribution is -0.121. The lowest BCUT2D eigenvalue weighted by Crippen LogP contribution is -2.34. The van der Waals surface area contributed by atoms with Crippen molar-refractivity contribution in [3.63, 3.8) is 0 Å². The quantitative estimate of drug-likeness (QED) is 0.622. The van der Waals surface area contributed by atoms with Gasteiger partial charge in [-0.15, -0.1) is 0 Å². The molecule has 2 aromatic rings. The highest BCUT2D eigenvalue weighted by Gasteiger charge is 2.21. The molecule has 1 aromatic heterocycles. The number of nitrogens with zero attached hydrogens (tertiary/aromatic N) is 3. The normalized spacial score (nSPS) is 14.4. The summed E-state index contributed by atoms with van der Waals surface area (Å²) in [7, 11) is 1.65. The molecule has 0 unspecified atom stereocenters. The summed E-state index contributed by atoms with van der Waals surface area (Å²) in [5.74, 6) is 3.41. The van der Waals surface area contributed by atoms with Crippen molar-refractivity contribution in [3.05, 3.63) is 42.2 Å². The number of benzene rings is 1. The first-order valence-electron chi connectivity index (χ1n) is 10.9. The number of aromatic nitrogens is 2. The molecule has 2 N–H and O–H groups in total. The van der Waals surface area contributed by atoms with Gasteiger partial charge in [-0.25, -0.2) is 9.97 Å². The van der Waals surface area contributed by atoms with E-state index in [0.29, 0.717) is 18.9 Å². The average Bonchev–Trinajstić information content (AvgIpc) is 2.81. The van der Waals surface area contributed by atoms with E-state index in [1.807, 2.05) is 30.3 Å². The molecular weight excluding hydrogens is 378 g/mol. The Morgan fingerprint density at radius 2 is 1.97 bits per heavy atom. The van der Waals surface area contributed by atoms with Crippen LogP contribution in [0.15, 0.2) is 36.7 Å². The summed E-state index contributed by atoms with van der Waals surface area (Å²) in [6.07, 6.45) is 6.40. The fourth-order valence-electron chi connectivity index (χ4n) is 3.69. The van der Waals surface area contributed by atoms with Gasteiger partial charge in [0.25, 0.3) is 0 Å². The Labute approximate surface area is 179 Å². The van der Waals surface area contributed by atoms with Crippen molar-refractivity contribution in [2.45, 2.75) is 45.6 Å². The van der Waals surface area contributed by atoms with Gasteiger partial charge in [-0.2, -0.15) is 0 Å². The van der Waals surface area contributed by atoms with Crippen LogP contribution in [0.25, 0.3) is 0 Å². The maximum absolute atomic E-state index is 12.2. The van der Waals surface area contributed by atoms with Gasteiger partial charge >= 0.3 is 0 Å². The molecule has 3 rings (SSSR count). The van der Waals surface area contributed by atoms with E-state index < -0.39 is 0 Å². The van der Waals surface area contributed by atoms with Crippen molar-refractivity contribution in [1.29, 1.82) is 0 Å². The molecule has 0 aliphatic carbocycles. The van der Waals surface area contributed by atoms with Crippen LogP contribution in [0.4, 0.5) is 11.6 Å². The lowest BCUT2D eigenvalue weighted by atomic mass is 9.92. The fourth-order valence-corrected chi connectivity index (χ4v) is 3.69. The summed E-state index contributed by atoms with van der Waals surface area (Å²) in [4.78, 5) is 23.3. The van der Waals surface area contributed by atoms with E-state index in [2.05, 4.69) is 32.4 Å². The molecule has 0 radical (unpaired) electrons. The van der Waals surface area contributed by atoms with Crippen LogP contribution in [-0.4, -0.2) is 42.6 Å². The van der Waals surface area contributed by atoms with Gasteiger partial charge in [0.2, 0.25) is 5.91 Å². The van der Waals surface area contributed by atoms with E-state index in [9.17, 15) is 4.79 Å². The van der Waals surface area contributed by atoms with Crippen molar-refractivity contribution in [1.82, 2.24) is 15.3 Å². The number of hydrogen-bond acceptors (Lipinski definition) is 6. The van der Waals surface area contributed by atoms with E-state index in [0.717, 1.165) is 68.3 Å². The smallest absolute Gasteiger partial charge is 0.220 e. The topological polar surface area (TPSA) is 79.4 Å². The Hall–Kier alpha value is -2.83. The van der Waals surface area contributed by atoms with Gasteiger partial charge in [-0.05, 0) is 49.3 Å². The zero-order valence-corrected chi connectivity index (χ0v) is 18.1. The number of rotatable bonds is 10. The van der Waals surface area contributed by atoms with E-state index in [1.165, 1.54) is 0 Å². The SMILES string of the molecule is CCCNc1cc(N2CCC(CCC(=O)NCc3ccc(OC)cc3)CC2)ncn1. The van der Waals surface area contributed by atoms with E-state index in [1.54, 1.807) is 13.4 Å². The van der Waals surface area contributed by atoms with Crippen LogP contribution in [0.3, 0.4) is 0 Å². The second-order valence-corrected chi connectivity index (χ2v) is 7.78. The molecule has 162 valence electrons. The zero-order valence-electron chi connectivity index (χ0n) is 18.1. The van der Waals surface area contributed by atoms with Crippen LogP contribution < -0.4 is 20.3 Å². The van der Waals surface area contributed by atoms with Gasteiger partial charge in [-0.1, -0.05) is 19.1 Å². The summed E-state index contributed by atoms with van der Waals surface area (Å²) in [6, 6.07) is 9.81. The molecule has 0 bridgehead atoms. The van der Waals surface area contributed by atoms with E-state index >= 15 is 0 Å². The summed E-state index contributed by atoms with van der Waals surface area (Å²) < 4.78 is 5.16. The van der Waals surface area contributed by atoms with Crippen molar-refractivity contribution < 1.29 is 9.53 Å². The van der Waals surface area contributed by atoms with Gasteiger partial charge < -0.3 is 20.3 Å². The second kappa shape index (κ2) is 11.4. The Kier molecular flexibility index (Phi) is 8.30. The van der Waals surface area contributed by atoms with Gasteiger partial charge in [0.05, 0.1) is 7.11 Å². The number of carbonyl (C=O) groups excluding carboxylic acids is 1. The Balaban J connectivity index is 1.36. The number of amides is 1. The number of anilines is 2. The van der Waals surface area contributed by atoms with Crippen LogP contribution >= 0.6 is 0 Å². The monoisotopic (exact) mass is 411 g/mol. The van der Waals surface area contributed by atoms with E-state index in [4.69, 9.17) is 4.74 Å². The highest BCUT2D eigenvalue weighted by atomic mass is 16.5. The fraction of sp³-hybridized carbons (Fsp3) is 0.522. The molecule has 7 heteroatoms. The molecule has 1 aliphatic rings. The molecular formula is C23H33N5O2. The van der Waals surface area contributed by atoms with Gasteiger partial charge in [0.1, 0.15) is 23.7 Å². The molecule has 1 saturated heterocycles. The Bertz CT molecular complexity index is 788. The molecule has 1 amide bonds. The number of hydrogen-bond donors (Lipinski definition) is 2. The molecule has 0 spiro atoms. The number of methoxy groups -OCH3 is 1. The van der Waals surface area contributed by atoms with Crippen molar-refractivity contribution in [2.75, 3.05) is 37.0 Å². The van der Waals surface area contributed by atoms with Gasteiger partial charge in [0.15, 0.2) is 0 Å². The average molecular weight is 412 g/mol. The first kappa shape index (κ1) is 21.9.